The molecule has 0 saturated carbocycles. The highest BCUT2D eigenvalue weighted by Crippen LogP contribution is 2.41. The molecule has 8 heteroatoms. The number of carbonyl (C=O) groups excluding carboxylic acids is 3. The highest BCUT2D eigenvalue weighted by Gasteiger charge is 2.54. The third-order valence-corrected chi connectivity index (χ3v) is 4.18. The van der Waals surface area contributed by atoms with Gasteiger partial charge in [0, 0.05) is 6.42 Å². The van der Waals surface area contributed by atoms with Crippen molar-refractivity contribution < 1.29 is 34.1 Å². The quantitative estimate of drug-likeness (QED) is 0.483. The van der Waals surface area contributed by atoms with Crippen LogP contribution in [0.25, 0.3) is 0 Å². The summed E-state index contributed by atoms with van der Waals surface area (Å²) in [6.07, 6.45) is 0.721. The van der Waals surface area contributed by atoms with Gasteiger partial charge in [0.05, 0.1) is 11.1 Å². The Bertz CT molecular complexity index is 675. The summed E-state index contributed by atoms with van der Waals surface area (Å²) in [7, 11) is 0. The van der Waals surface area contributed by atoms with E-state index in [2.05, 4.69) is 0 Å². The highest BCUT2D eigenvalue weighted by atomic mass is 16.6. The summed E-state index contributed by atoms with van der Waals surface area (Å²) in [6, 6.07) is -1.45. The lowest BCUT2D eigenvalue weighted by Gasteiger charge is -2.23. The van der Waals surface area contributed by atoms with Crippen LogP contribution in [0.1, 0.15) is 19.8 Å². The molecule has 122 valence electrons. The van der Waals surface area contributed by atoms with E-state index in [9.17, 15) is 29.4 Å². The van der Waals surface area contributed by atoms with Crippen LogP contribution < -0.4 is 0 Å². The minimum absolute atomic E-state index is 0.154. The number of fused-ring (bicyclic) bond motifs is 2. The Hall–Kier alpha value is -2.32. The fraction of sp³-hybridized carbons (Fsp3) is 0.467. The van der Waals surface area contributed by atoms with E-state index < -0.39 is 41.8 Å². The third kappa shape index (κ3) is 2.49. The van der Waals surface area contributed by atoms with Gasteiger partial charge >= 0.3 is 5.97 Å². The summed E-state index contributed by atoms with van der Waals surface area (Å²) in [4.78, 5) is 48.5. The number of hydrogen-bond donors (Lipinski definition) is 2. The molecule has 0 radical (unpaired) electrons. The Balaban J connectivity index is 1.80. The van der Waals surface area contributed by atoms with Crippen molar-refractivity contribution >= 4 is 23.6 Å². The molecule has 0 bridgehead atoms. The maximum absolute atomic E-state index is 12.4. The molecule has 23 heavy (non-hydrogen) atoms. The second-order valence-corrected chi connectivity index (χ2v) is 5.72. The molecule has 2 aliphatic heterocycles. The SMILES string of the molecule is CC(O)C(=O)CCC(C(=O)O)N1C(=O)C2=C(C1=O)C1OC1C=C2. The van der Waals surface area contributed by atoms with Gasteiger partial charge < -0.3 is 14.9 Å². The number of amides is 2. The average molecular weight is 321 g/mol. The molecule has 0 aromatic carbocycles. The zero-order valence-corrected chi connectivity index (χ0v) is 12.3. The number of ketones is 1. The smallest absolute Gasteiger partial charge is 0.326 e. The van der Waals surface area contributed by atoms with E-state index in [-0.39, 0.29) is 30.1 Å². The normalized spacial score (nSPS) is 27.7. The minimum atomic E-state index is -1.45. The predicted molar refractivity (Wildman–Crippen MR) is 74.0 cm³/mol. The zero-order valence-electron chi connectivity index (χ0n) is 12.3. The van der Waals surface area contributed by atoms with Crippen LogP contribution in [-0.4, -0.2) is 63.0 Å². The van der Waals surface area contributed by atoms with Gasteiger partial charge in [-0.2, -0.15) is 0 Å². The largest absolute Gasteiger partial charge is 0.480 e. The van der Waals surface area contributed by atoms with Gasteiger partial charge in [0.15, 0.2) is 5.78 Å². The molecule has 4 unspecified atom stereocenters. The standard InChI is InChI=1S/C15H15NO7/c1-6(17)9(18)4-3-8(15(21)22)16-13(19)7-2-5-10-12(23-10)11(7)14(16)20/h2,5-6,8,10,12,17H,3-4H2,1H3,(H,21,22). The third-order valence-electron chi connectivity index (χ3n) is 4.18. The van der Waals surface area contributed by atoms with E-state index in [1.165, 1.54) is 13.0 Å². The summed E-state index contributed by atoms with van der Waals surface area (Å²) >= 11 is 0. The molecule has 2 N–H and O–H groups in total. The van der Waals surface area contributed by atoms with Crippen molar-refractivity contribution in [2.75, 3.05) is 0 Å². The topological polar surface area (TPSA) is 125 Å². The van der Waals surface area contributed by atoms with Crippen LogP contribution in [0.4, 0.5) is 0 Å². The van der Waals surface area contributed by atoms with Crippen molar-refractivity contribution in [3.8, 4) is 0 Å². The van der Waals surface area contributed by atoms with Crippen LogP contribution in [0.5, 0.6) is 0 Å². The maximum Gasteiger partial charge on any atom is 0.326 e. The van der Waals surface area contributed by atoms with Gasteiger partial charge in [0.1, 0.15) is 24.4 Å². The van der Waals surface area contributed by atoms with Crippen LogP contribution in [0.2, 0.25) is 0 Å². The lowest BCUT2D eigenvalue weighted by molar-refractivity contribution is -0.154. The molecule has 3 aliphatic rings. The predicted octanol–water partition coefficient (Wildman–Crippen LogP) is -0.828. The molecule has 0 aromatic heterocycles. The first-order chi connectivity index (χ1) is 10.8. The highest BCUT2D eigenvalue weighted by molar-refractivity contribution is 6.23. The number of aliphatic hydroxyl groups excluding tert-OH is 1. The van der Waals surface area contributed by atoms with E-state index in [0.717, 1.165) is 0 Å². The first-order valence-corrected chi connectivity index (χ1v) is 7.22. The zero-order chi connectivity index (χ0) is 16.9. The van der Waals surface area contributed by atoms with Crippen molar-refractivity contribution in [3.63, 3.8) is 0 Å². The lowest BCUT2D eigenvalue weighted by Crippen LogP contribution is -2.46. The molecule has 2 amide bonds. The molecule has 3 rings (SSSR count). The molecule has 1 saturated heterocycles. The van der Waals surface area contributed by atoms with Crippen LogP contribution >= 0.6 is 0 Å². The summed E-state index contributed by atoms with van der Waals surface area (Å²) in [5.74, 6) is -3.29. The molecular weight excluding hydrogens is 306 g/mol. The minimum Gasteiger partial charge on any atom is -0.480 e. The van der Waals surface area contributed by atoms with Crippen LogP contribution in [0.3, 0.4) is 0 Å². The van der Waals surface area contributed by atoms with Gasteiger partial charge in [0.2, 0.25) is 0 Å². The van der Waals surface area contributed by atoms with E-state index >= 15 is 0 Å². The van der Waals surface area contributed by atoms with Crippen molar-refractivity contribution in [1.82, 2.24) is 4.90 Å². The summed E-state index contributed by atoms with van der Waals surface area (Å²) < 4.78 is 5.25. The Labute approximate surface area is 131 Å². The Morgan fingerprint density at radius 3 is 2.65 bits per heavy atom. The summed E-state index contributed by atoms with van der Waals surface area (Å²) in [5, 5.41) is 18.5. The first-order valence-electron chi connectivity index (χ1n) is 7.22. The Kier molecular flexibility index (Phi) is 3.65. The number of aliphatic hydroxyl groups is 1. The van der Waals surface area contributed by atoms with Crippen LogP contribution in [0.15, 0.2) is 23.3 Å². The van der Waals surface area contributed by atoms with Gasteiger partial charge in [-0.3, -0.25) is 19.3 Å². The Morgan fingerprint density at radius 2 is 2.04 bits per heavy atom. The number of Topliss-reactive ketones (excluding diaryl/α,β-unsaturated/α-hetero) is 1. The van der Waals surface area contributed by atoms with Gasteiger partial charge in [0.25, 0.3) is 11.8 Å². The average Bonchev–Trinajstić information content (AvgIpc) is 3.23. The Morgan fingerprint density at radius 1 is 1.35 bits per heavy atom. The van der Waals surface area contributed by atoms with E-state index in [0.29, 0.717) is 4.90 Å². The summed E-state index contributed by atoms with van der Waals surface area (Å²) in [6.45, 7) is 1.28. The maximum atomic E-state index is 12.4. The second kappa shape index (κ2) is 5.39. The number of carboxylic acids is 1. The molecule has 1 aliphatic carbocycles. The first kappa shape index (κ1) is 15.6. The number of ether oxygens (including phenoxy) is 1. The van der Waals surface area contributed by atoms with E-state index in [1.54, 1.807) is 6.08 Å². The molecule has 0 spiro atoms. The lowest BCUT2D eigenvalue weighted by atomic mass is 10.00. The van der Waals surface area contributed by atoms with Gasteiger partial charge in [-0.25, -0.2) is 4.79 Å². The fourth-order valence-electron chi connectivity index (χ4n) is 2.85. The number of aliphatic carboxylic acids is 1. The molecule has 0 aromatic rings. The van der Waals surface area contributed by atoms with Crippen LogP contribution in [0, 0.1) is 0 Å². The number of carboxylic acid groups (broad SMARTS) is 1. The monoisotopic (exact) mass is 321 g/mol. The number of rotatable bonds is 6. The molecule has 4 atom stereocenters. The number of hydrogen-bond acceptors (Lipinski definition) is 6. The van der Waals surface area contributed by atoms with E-state index in [1.807, 2.05) is 0 Å². The van der Waals surface area contributed by atoms with Crippen molar-refractivity contribution in [1.29, 1.82) is 0 Å². The van der Waals surface area contributed by atoms with Crippen LogP contribution in [-0.2, 0) is 23.9 Å². The van der Waals surface area contributed by atoms with Gasteiger partial charge in [-0.15, -0.1) is 0 Å². The molecule has 2 heterocycles. The number of carbonyl (C=O) groups is 4. The van der Waals surface area contributed by atoms with Crippen molar-refractivity contribution in [3.05, 3.63) is 23.3 Å². The van der Waals surface area contributed by atoms with Crippen molar-refractivity contribution in [2.45, 2.75) is 44.1 Å². The van der Waals surface area contributed by atoms with Crippen molar-refractivity contribution in [2.24, 2.45) is 0 Å². The molecule has 8 nitrogen and oxygen atoms in total. The number of imide groups is 1. The fourth-order valence-corrected chi connectivity index (χ4v) is 2.85. The number of epoxide rings is 1. The van der Waals surface area contributed by atoms with Gasteiger partial charge in [-0.1, -0.05) is 12.2 Å². The van der Waals surface area contributed by atoms with E-state index in [4.69, 9.17) is 4.74 Å². The number of nitrogens with zero attached hydrogens (tertiary/aromatic N) is 1. The molecule has 1 fully saturated rings. The summed E-state index contributed by atoms with van der Waals surface area (Å²) in [5.41, 5.74) is 0.345. The van der Waals surface area contributed by atoms with Gasteiger partial charge in [-0.05, 0) is 13.3 Å². The second-order valence-electron chi connectivity index (χ2n) is 5.72. The molecular formula is C15H15NO7.